The lowest BCUT2D eigenvalue weighted by Crippen LogP contribution is -1.71. The Balaban J connectivity index is 3.03. The molecule has 2 heteroatoms. The highest BCUT2D eigenvalue weighted by Gasteiger charge is 1.89. The van der Waals surface area contributed by atoms with E-state index in [0.29, 0.717) is 12.2 Å². The lowest BCUT2D eigenvalue weighted by molar-refractivity contribution is 0.841. The molecule has 0 spiro atoms. The van der Waals surface area contributed by atoms with Gasteiger partial charge >= 0.3 is 0 Å². The fraction of sp³-hybridized carbons (Fsp3) is 0.125. The van der Waals surface area contributed by atoms with Crippen LogP contribution in [0.1, 0.15) is 5.56 Å². The van der Waals surface area contributed by atoms with Crippen molar-refractivity contribution in [1.29, 1.82) is 0 Å². The van der Waals surface area contributed by atoms with Gasteiger partial charge in [-0.2, -0.15) is 4.39 Å². The number of rotatable bonds is 1. The fourth-order valence-corrected chi connectivity index (χ4v) is 0.761. The van der Waals surface area contributed by atoms with E-state index in [9.17, 15) is 4.39 Å². The first-order chi connectivity index (χ1) is 4.84. The van der Waals surface area contributed by atoms with Gasteiger partial charge in [0, 0.05) is 0 Å². The lowest BCUT2D eigenvalue weighted by Gasteiger charge is -1.94. The molecule has 1 rings (SSSR count). The van der Waals surface area contributed by atoms with Gasteiger partial charge in [0.1, 0.15) is 0 Å². The molecule has 0 amide bonds. The maximum atomic E-state index is 11.6. The molecule has 0 aromatic heterocycles. The van der Waals surface area contributed by atoms with Gasteiger partial charge < -0.3 is 0 Å². The Morgan fingerprint density at radius 3 is 2.70 bits per heavy atom. The number of hydrogen-bond acceptors (Lipinski definition) is 1. The molecule has 0 saturated carbocycles. The third-order valence-electron chi connectivity index (χ3n) is 1.30. The molecule has 10 heavy (non-hydrogen) atoms. The molecule has 0 fully saturated rings. The van der Waals surface area contributed by atoms with Crippen molar-refractivity contribution in [1.82, 2.24) is 0 Å². The number of nitrogens with zero attached hydrogens (tertiary/aromatic N) is 1. The maximum Gasteiger partial charge on any atom is 0.176 e. The molecule has 52 valence electrons. The minimum Gasteiger partial charge on any atom is -0.227 e. The standard InChI is InChI=1S/C8H8FN/c1-7-4-2-3-5-8(7)10-6-9/h2-6H,1H3/b10-6-. The molecule has 0 saturated heterocycles. The van der Waals surface area contributed by atoms with Gasteiger partial charge in [-0.15, -0.1) is 0 Å². The summed E-state index contributed by atoms with van der Waals surface area (Å²) in [5, 5.41) is 0. The molecule has 1 nitrogen and oxygen atoms in total. The molecular weight excluding hydrogens is 129 g/mol. The Bertz CT molecular complexity index is 243. The van der Waals surface area contributed by atoms with Gasteiger partial charge in [-0.05, 0) is 18.6 Å². The van der Waals surface area contributed by atoms with Crippen LogP contribution in [0.4, 0.5) is 10.1 Å². The molecule has 0 radical (unpaired) electrons. The second-order valence-electron chi connectivity index (χ2n) is 2.01. The molecule has 1 aromatic rings. The predicted octanol–water partition coefficient (Wildman–Crippen LogP) is 2.62. The lowest BCUT2D eigenvalue weighted by atomic mass is 10.2. The molecule has 0 N–H and O–H groups in total. The van der Waals surface area contributed by atoms with Gasteiger partial charge in [0.2, 0.25) is 0 Å². The topological polar surface area (TPSA) is 12.4 Å². The molecule has 0 unspecified atom stereocenters. The van der Waals surface area contributed by atoms with E-state index in [1.807, 2.05) is 25.1 Å². The van der Waals surface area contributed by atoms with E-state index in [0.717, 1.165) is 5.56 Å². The van der Waals surface area contributed by atoms with Crippen LogP contribution in [0.25, 0.3) is 0 Å². The average Bonchev–Trinajstić information content (AvgIpc) is 1.94. The summed E-state index contributed by atoms with van der Waals surface area (Å²) in [7, 11) is 0. The summed E-state index contributed by atoms with van der Waals surface area (Å²) in [6.07, 6.45) is 0. The summed E-state index contributed by atoms with van der Waals surface area (Å²) in [6, 6.07) is 7.38. The predicted molar refractivity (Wildman–Crippen MR) is 40.4 cm³/mol. The third-order valence-corrected chi connectivity index (χ3v) is 1.30. The number of benzene rings is 1. The molecule has 0 atom stereocenters. The summed E-state index contributed by atoms with van der Waals surface area (Å²) in [4.78, 5) is 3.51. The van der Waals surface area contributed by atoms with Crippen LogP contribution < -0.4 is 0 Å². The van der Waals surface area contributed by atoms with Crippen LogP contribution in [0.2, 0.25) is 0 Å². The summed E-state index contributed by atoms with van der Waals surface area (Å²) in [5.41, 5.74) is 1.67. The van der Waals surface area contributed by atoms with Gasteiger partial charge in [0.15, 0.2) is 6.47 Å². The van der Waals surface area contributed by atoms with Gasteiger partial charge in [-0.1, -0.05) is 18.2 Å². The number of aliphatic imine (C=N–C) groups is 1. The van der Waals surface area contributed by atoms with Crippen molar-refractivity contribution in [2.45, 2.75) is 6.92 Å². The number of aryl methyl sites for hydroxylation is 1. The highest BCUT2D eigenvalue weighted by molar-refractivity contribution is 5.57. The van der Waals surface area contributed by atoms with Gasteiger partial charge in [0.25, 0.3) is 0 Å². The second kappa shape index (κ2) is 3.11. The van der Waals surface area contributed by atoms with Gasteiger partial charge in [-0.3, -0.25) is 0 Å². The summed E-state index contributed by atoms with van der Waals surface area (Å²) in [6.45, 7) is 2.20. The van der Waals surface area contributed by atoms with Crippen LogP contribution in [0.5, 0.6) is 0 Å². The van der Waals surface area contributed by atoms with E-state index in [-0.39, 0.29) is 0 Å². The number of hydrogen-bond donors (Lipinski definition) is 0. The first kappa shape index (κ1) is 6.93. The van der Waals surface area contributed by atoms with Crippen LogP contribution in [-0.2, 0) is 0 Å². The first-order valence-corrected chi connectivity index (χ1v) is 3.03. The highest BCUT2D eigenvalue weighted by Crippen LogP contribution is 2.15. The van der Waals surface area contributed by atoms with Crippen molar-refractivity contribution in [3.8, 4) is 0 Å². The van der Waals surface area contributed by atoms with Crippen molar-refractivity contribution < 1.29 is 4.39 Å². The van der Waals surface area contributed by atoms with Crippen LogP contribution >= 0.6 is 0 Å². The van der Waals surface area contributed by atoms with E-state index in [2.05, 4.69) is 4.99 Å². The number of para-hydroxylation sites is 1. The molecule has 0 aliphatic heterocycles. The average molecular weight is 137 g/mol. The van der Waals surface area contributed by atoms with Crippen LogP contribution in [0.3, 0.4) is 0 Å². The summed E-state index contributed by atoms with van der Waals surface area (Å²) in [5.74, 6) is 0. The SMILES string of the molecule is Cc1ccccc1/N=C\F. The van der Waals surface area contributed by atoms with Crippen molar-refractivity contribution in [3.05, 3.63) is 29.8 Å². The van der Waals surface area contributed by atoms with Crippen molar-refractivity contribution in [2.24, 2.45) is 4.99 Å². The summed E-state index contributed by atoms with van der Waals surface area (Å²) >= 11 is 0. The Morgan fingerprint density at radius 1 is 1.40 bits per heavy atom. The van der Waals surface area contributed by atoms with Gasteiger partial charge in [0.05, 0.1) is 5.69 Å². The number of halogens is 1. The van der Waals surface area contributed by atoms with E-state index >= 15 is 0 Å². The van der Waals surface area contributed by atoms with Crippen molar-refractivity contribution in [2.75, 3.05) is 0 Å². The molecule has 0 bridgehead atoms. The van der Waals surface area contributed by atoms with Crippen LogP contribution in [0.15, 0.2) is 29.3 Å². The zero-order valence-corrected chi connectivity index (χ0v) is 5.71. The fourth-order valence-electron chi connectivity index (χ4n) is 0.761. The molecule has 0 aliphatic rings. The monoisotopic (exact) mass is 137 g/mol. The zero-order chi connectivity index (χ0) is 7.40. The molecule has 0 heterocycles. The van der Waals surface area contributed by atoms with E-state index in [1.54, 1.807) is 6.07 Å². The molecule has 1 aromatic carbocycles. The van der Waals surface area contributed by atoms with E-state index < -0.39 is 0 Å². The summed E-state index contributed by atoms with van der Waals surface area (Å²) < 4.78 is 11.6. The van der Waals surface area contributed by atoms with Crippen LogP contribution in [0, 0.1) is 6.92 Å². The third kappa shape index (κ3) is 1.41. The van der Waals surface area contributed by atoms with Gasteiger partial charge in [-0.25, -0.2) is 4.99 Å². The largest absolute Gasteiger partial charge is 0.227 e. The highest BCUT2D eigenvalue weighted by atomic mass is 19.1. The normalized spacial score (nSPS) is 10.6. The van der Waals surface area contributed by atoms with Crippen molar-refractivity contribution >= 4 is 12.2 Å². The maximum absolute atomic E-state index is 11.6. The van der Waals surface area contributed by atoms with Crippen LogP contribution in [-0.4, -0.2) is 6.47 Å². The molecular formula is C8H8FN. The van der Waals surface area contributed by atoms with E-state index in [1.165, 1.54) is 0 Å². The Morgan fingerprint density at radius 2 is 2.10 bits per heavy atom. The Labute approximate surface area is 59.2 Å². The minimum absolute atomic E-state index is 0.308. The quantitative estimate of drug-likeness (QED) is 0.527. The minimum atomic E-state index is 0.308. The Kier molecular flexibility index (Phi) is 2.15. The zero-order valence-electron chi connectivity index (χ0n) is 5.71. The molecule has 0 aliphatic carbocycles. The van der Waals surface area contributed by atoms with E-state index in [4.69, 9.17) is 0 Å². The first-order valence-electron chi connectivity index (χ1n) is 3.03. The second-order valence-corrected chi connectivity index (χ2v) is 2.01. The Hall–Kier alpha value is -1.18. The van der Waals surface area contributed by atoms with Crippen molar-refractivity contribution in [3.63, 3.8) is 0 Å². The smallest absolute Gasteiger partial charge is 0.176 e.